The van der Waals surface area contributed by atoms with Crippen LogP contribution in [0.2, 0.25) is 0 Å². The van der Waals surface area contributed by atoms with Crippen LogP contribution in [0, 0.1) is 0 Å². The van der Waals surface area contributed by atoms with E-state index in [4.69, 9.17) is 0 Å². The van der Waals surface area contributed by atoms with E-state index >= 15 is 0 Å². The Balaban J connectivity index is 1.81. The van der Waals surface area contributed by atoms with Crippen molar-refractivity contribution in [1.82, 2.24) is 14.5 Å². The number of halogens is 1. The Kier molecular flexibility index (Phi) is 7.45. The van der Waals surface area contributed by atoms with Crippen molar-refractivity contribution >= 4 is 31.9 Å². The van der Waals surface area contributed by atoms with Crippen molar-refractivity contribution in [3.63, 3.8) is 0 Å². The second kappa shape index (κ2) is 9.84. The highest BCUT2D eigenvalue weighted by Gasteiger charge is 2.31. The molecule has 1 N–H and O–H groups in total. The van der Waals surface area contributed by atoms with Crippen LogP contribution in [0.4, 0.5) is 0 Å². The molecule has 1 fully saturated rings. The van der Waals surface area contributed by atoms with E-state index in [1.54, 1.807) is 17.0 Å². The monoisotopic (exact) mass is 479 g/mol. The van der Waals surface area contributed by atoms with Crippen LogP contribution in [0.25, 0.3) is 0 Å². The predicted molar refractivity (Wildman–Crippen MR) is 117 cm³/mol. The van der Waals surface area contributed by atoms with Gasteiger partial charge in [0.05, 0.1) is 4.90 Å². The normalized spacial score (nSPS) is 16.6. The summed E-state index contributed by atoms with van der Waals surface area (Å²) in [5.41, 5.74) is 0.913. The summed E-state index contributed by atoms with van der Waals surface area (Å²) in [4.78, 5) is 17.4. The largest absolute Gasteiger partial charge is 0.339 e. The molecule has 2 aromatic rings. The lowest BCUT2D eigenvalue weighted by Gasteiger charge is -2.36. The van der Waals surface area contributed by atoms with Crippen molar-refractivity contribution in [3.8, 4) is 0 Å². The van der Waals surface area contributed by atoms with Gasteiger partial charge in [-0.05, 0) is 42.8 Å². The maximum Gasteiger partial charge on any atom is 0.241 e. The number of likely N-dealkylation sites (N-methyl/N-ethyl adjacent to an activating group) is 1. The molecule has 1 aliphatic rings. The molecule has 0 saturated carbocycles. The first-order valence-electron chi connectivity index (χ1n) is 9.72. The third-order valence-corrected chi connectivity index (χ3v) is 7.15. The molecule has 29 heavy (non-hydrogen) atoms. The van der Waals surface area contributed by atoms with Crippen LogP contribution in [-0.4, -0.2) is 62.9 Å². The average molecular weight is 480 g/mol. The number of hydrogen-bond donors (Lipinski definition) is 1. The first kappa shape index (κ1) is 22.0. The fraction of sp³-hybridized carbons (Fsp3) is 0.381. The molecule has 2 aromatic carbocycles. The van der Waals surface area contributed by atoms with Crippen LogP contribution in [0.15, 0.2) is 64.0 Å². The number of piperazine rings is 1. The molecule has 8 heteroatoms. The molecule has 1 heterocycles. The van der Waals surface area contributed by atoms with Crippen LogP contribution in [0.1, 0.15) is 12.5 Å². The molecular weight excluding hydrogens is 454 g/mol. The fourth-order valence-electron chi connectivity index (χ4n) is 3.40. The number of carbonyl (C=O) groups excluding carboxylic acids is 1. The van der Waals surface area contributed by atoms with Crippen LogP contribution < -0.4 is 4.72 Å². The lowest BCUT2D eigenvalue weighted by molar-refractivity contribution is -0.134. The number of sulfonamides is 1. The molecule has 3 rings (SSSR count). The van der Waals surface area contributed by atoms with Crippen LogP contribution in [0.3, 0.4) is 0 Å². The molecule has 0 aliphatic carbocycles. The van der Waals surface area contributed by atoms with Crippen molar-refractivity contribution in [3.05, 3.63) is 64.6 Å². The average Bonchev–Trinajstić information content (AvgIpc) is 2.74. The summed E-state index contributed by atoms with van der Waals surface area (Å²) in [7, 11) is -3.82. The van der Waals surface area contributed by atoms with E-state index in [2.05, 4.69) is 32.5 Å². The molecule has 1 amide bonds. The number of nitrogens with one attached hydrogen (secondary N) is 1. The van der Waals surface area contributed by atoms with Gasteiger partial charge in [-0.25, -0.2) is 8.42 Å². The zero-order valence-electron chi connectivity index (χ0n) is 16.4. The smallest absolute Gasteiger partial charge is 0.241 e. The zero-order valence-corrected chi connectivity index (χ0v) is 18.8. The third-order valence-electron chi connectivity index (χ3n) is 5.13. The molecule has 0 radical (unpaired) electrons. The summed E-state index contributed by atoms with van der Waals surface area (Å²) in [6, 6.07) is 15.0. The van der Waals surface area contributed by atoms with Gasteiger partial charge in [-0.15, -0.1) is 0 Å². The van der Waals surface area contributed by atoms with Gasteiger partial charge in [-0.2, -0.15) is 4.72 Å². The topological polar surface area (TPSA) is 69.7 Å². The zero-order chi connectivity index (χ0) is 20.9. The van der Waals surface area contributed by atoms with Gasteiger partial charge in [-0.1, -0.05) is 53.2 Å². The van der Waals surface area contributed by atoms with E-state index in [-0.39, 0.29) is 10.8 Å². The molecule has 1 aliphatic heterocycles. The molecular formula is C21H26BrN3O3S. The molecule has 156 valence electrons. The summed E-state index contributed by atoms with van der Waals surface area (Å²) in [6.45, 7) is 5.88. The van der Waals surface area contributed by atoms with Crippen LogP contribution in [0.5, 0.6) is 0 Å². The third kappa shape index (κ3) is 5.88. The maximum absolute atomic E-state index is 13.2. The lowest BCUT2D eigenvalue weighted by atomic mass is 10.1. The SMILES string of the molecule is CCN1CCN(C(=O)[C@@H](Cc2ccccc2)NS(=O)(=O)c2ccc(Br)cc2)CC1. The maximum atomic E-state index is 13.2. The number of benzene rings is 2. The number of carbonyl (C=O) groups is 1. The van der Waals surface area contributed by atoms with E-state index in [9.17, 15) is 13.2 Å². The Labute approximate surface area is 181 Å². The van der Waals surface area contributed by atoms with Crippen molar-refractivity contribution < 1.29 is 13.2 Å². The minimum Gasteiger partial charge on any atom is -0.339 e. The first-order chi connectivity index (χ1) is 13.9. The number of nitrogens with zero attached hydrogens (tertiary/aromatic N) is 2. The standard InChI is InChI=1S/C21H26BrN3O3S/c1-2-24-12-14-25(15-13-24)21(26)20(16-17-6-4-3-5-7-17)23-29(27,28)19-10-8-18(22)9-11-19/h3-11,20,23H,2,12-16H2,1H3/t20-/m1/s1. The molecule has 0 aromatic heterocycles. The molecule has 0 bridgehead atoms. The second-order valence-electron chi connectivity index (χ2n) is 7.08. The van der Waals surface area contributed by atoms with Gasteiger partial charge in [-0.3, -0.25) is 4.79 Å². The van der Waals surface area contributed by atoms with Gasteiger partial charge in [0.15, 0.2) is 0 Å². The minimum atomic E-state index is -3.82. The molecule has 0 spiro atoms. The highest BCUT2D eigenvalue weighted by molar-refractivity contribution is 9.10. The Morgan fingerprint density at radius 1 is 1.03 bits per heavy atom. The summed E-state index contributed by atoms with van der Waals surface area (Å²) in [5.74, 6) is -0.176. The molecule has 1 saturated heterocycles. The van der Waals surface area contributed by atoms with Crippen molar-refractivity contribution in [2.24, 2.45) is 0 Å². The van der Waals surface area contributed by atoms with E-state index in [0.29, 0.717) is 19.5 Å². The summed E-state index contributed by atoms with van der Waals surface area (Å²) in [6.07, 6.45) is 0.309. The lowest BCUT2D eigenvalue weighted by Crippen LogP contribution is -2.55. The molecule has 1 atom stereocenters. The van der Waals surface area contributed by atoms with Gasteiger partial charge in [0.2, 0.25) is 15.9 Å². The van der Waals surface area contributed by atoms with Crippen molar-refractivity contribution in [2.75, 3.05) is 32.7 Å². The predicted octanol–water partition coefficient (Wildman–Crippen LogP) is 2.50. The number of amides is 1. The van der Waals surface area contributed by atoms with E-state index in [1.165, 1.54) is 12.1 Å². The Morgan fingerprint density at radius 3 is 2.24 bits per heavy atom. The van der Waals surface area contributed by atoms with Gasteiger partial charge in [0, 0.05) is 30.7 Å². The highest BCUT2D eigenvalue weighted by Crippen LogP contribution is 2.17. The van der Waals surface area contributed by atoms with Gasteiger partial charge in [0.1, 0.15) is 6.04 Å². The summed E-state index contributed by atoms with van der Waals surface area (Å²) >= 11 is 3.31. The second-order valence-corrected chi connectivity index (χ2v) is 9.71. The minimum absolute atomic E-state index is 0.141. The van der Waals surface area contributed by atoms with Crippen molar-refractivity contribution in [1.29, 1.82) is 0 Å². The highest BCUT2D eigenvalue weighted by atomic mass is 79.9. The Hall–Kier alpha value is -1.74. The van der Waals surface area contributed by atoms with Crippen LogP contribution in [-0.2, 0) is 21.2 Å². The van der Waals surface area contributed by atoms with Gasteiger partial charge >= 0.3 is 0 Å². The Morgan fingerprint density at radius 2 is 1.66 bits per heavy atom. The summed E-state index contributed by atoms with van der Waals surface area (Å²) in [5, 5.41) is 0. The number of rotatable bonds is 7. The molecule has 6 nitrogen and oxygen atoms in total. The fourth-order valence-corrected chi connectivity index (χ4v) is 4.86. The van der Waals surface area contributed by atoms with E-state index in [1.807, 2.05) is 30.3 Å². The van der Waals surface area contributed by atoms with Gasteiger partial charge in [0.25, 0.3) is 0 Å². The van der Waals surface area contributed by atoms with Crippen LogP contribution >= 0.6 is 15.9 Å². The first-order valence-corrected chi connectivity index (χ1v) is 12.0. The van der Waals surface area contributed by atoms with Gasteiger partial charge < -0.3 is 9.80 Å². The van der Waals surface area contributed by atoms with E-state index < -0.39 is 16.1 Å². The van der Waals surface area contributed by atoms with Crippen molar-refractivity contribution in [2.45, 2.75) is 24.3 Å². The Bertz CT molecular complexity index is 912. The molecule has 0 unspecified atom stereocenters. The van der Waals surface area contributed by atoms with E-state index in [0.717, 1.165) is 29.7 Å². The number of hydrogen-bond acceptors (Lipinski definition) is 4. The quantitative estimate of drug-likeness (QED) is 0.662. The summed E-state index contributed by atoms with van der Waals surface area (Å²) < 4.78 is 29.3.